The van der Waals surface area contributed by atoms with Gasteiger partial charge in [-0.1, -0.05) is 6.08 Å². The third kappa shape index (κ3) is 2.70. The molecule has 2 rings (SSSR count). The first kappa shape index (κ1) is 9.46. The highest BCUT2D eigenvalue weighted by Crippen LogP contribution is 2.14. The van der Waals surface area contributed by atoms with Crippen LogP contribution in [-0.2, 0) is 0 Å². The third-order valence-corrected chi connectivity index (χ3v) is 3.00. The lowest BCUT2D eigenvalue weighted by Crippen LogP contribution is -2.00. The second kappa shape index (κ2) is 4.96. The molecule has 0 saturated carbocycles. The predicted molar refractivity (Wildman–Crippen MR) is 62.6 cm³/mol. The van der Waals surface area contributed by atoms with Crippen molar-refractivity contribution in [1.29, 1.82) is 0 Å². The molecule has 0 unspecified atom stereocenters. The minimum atomic E-state index is 0.975. The van der Waals surface area contributed by atoms with Gasteiger partial charge in [-0.3, -0.25) is 9.98 Å². The zero-order chi connectivity index (χ0) is 9.64. The molecule has 0 fully saturated rings. The molecule has 0 radical (unpaired) electrons. The molecule has 0 bridgehead atoms. The van der Waals surface area contributed by atoms with Crippen LogP contribution in [0.5, 0.6) is 0 Å². The average molecular weight is 204 g/mol. The van der Waals surface area contributed by atoms with Crippen LogP contribution >= 0.6 is 11.8 Å². The molecule has 0 amide bonds. The minimum absolute atomic E-state index is 0.975. The number of pyridine rings is 1. The summed E-state index contributed by atoms with van der Waals surface area (Å²) in [5, 5.41) is 1.15. The number of hydrogen-bond acceptors (Lipinski definition) is 3. The molecule has 2 nitrogen and oxygen atoms in total. The smallest absolute Gasteiger partial charge is 0.0904 e. The third-order valence-electron chi connectivity index (χ3n) is 1.94. The topological polar surface area (TPSA) is 25.2 Å². The highest BCUT2D eigenvalue weighted by molar-refractivity contribution is 8.14. The van der Waals surface area contributed by atoms with E-state index in [2.05, 4.69) is 22.1 Å². The van der Waals surface area contributed by atoms with Crippen LogP contribution in [0.25, 0.3) is 6.08 Å². The van der Waals surface area contributed by atoms with Crippen LogP contribution in [0.1, 0.15) is 12.0 Å². The zero-order valence-corrected chi connectivity index (χ0v) is 8.70. The molecule has 1 aromatic rings. The van der Waals surface area contributed by atoms with Crippen molar-refractivity contribution in [3.8, 4) is 0 Å². The lowest BCUT2D eigenvalue weighted by molar-refractivity contribution is 0.940. The molecule has 72 valence electrons. The van der Waals surface area contributed by atoms with E-state index >= 15 is 0 Å². The summed E-state index contributed by atoms with van der Waals surface area (Å²) < 4.78 is 0. The highest BCUT2D eigenvalue weighted by Gasteiger charge is 2.00. The predicted octanol–water partition coefficient (Wildman–Crippen LogP) is 2.63. The number of rotatable bonds is 2. The van der Waals surface area contributed by atoms with Crippen LogP contribution in [0.15, 0.2) is 35.6 Å². The van der Waals surface area contributed by atoms with Crippen LogP contribution in [0.3, 0.4) is 0 Å². The van der Waals surface area contributed by atoms with Crippen LogP contribution in [-0.4, -0.2) is 22.3 Å². The molecule has 0 aromatic carbocycles. The highest BCUT2D eigenvalue weighted by atomic mass is 32.2. The van der Waals surface area contributed by atoms with E-state index in [4.69, 9.17) is 0 Å². The Bertz CT molecular complexity index is 344. The molecule has 0 atom stereocenters. The Balaban J connectivity index is 2.03. The van der Waals surface area contributed by atoms with Crippen molar-refractivity contribution < 1.29 is 0 Å². The van der Waals surface area contributed by atoms with Crippen molar-refractivity contribution in [2.24, 2.45) is 4.99 Å². The first-order valence-electron chi connectivity index (χ1n) is 4.70. The maximum absolute atomic E-state index is 4.42. The van der Waals surface area contributed by atoms with Gasteiger partial charge in [0, 0.05) is 24.7 Å². The number of hydrogen-bond donors (Lipinski definition) is 0. The fraction of sp³-hybridized carbons (Fsp3) is 0.273. The molecule has 1 aliphatic heterocycles. The van der Waals surface area contributed by atoms with Crippen molar-refractivity contribution >= 4 is 22.9 Å². The van der Waals surface area contributed by atoms with Crippen LogP contribution in [0.2, 0.25) is 0 Å². The molecule has 0 spiro atoms. The van der Waals surface area contributed by atoms with Gasteiger partial charge < -0.3 is 0 Å². The molecule has 14 heavy (non-hydrogen) atoms. The Morgan fingerprint density at radius 1 is 1.21 bits per heavy atom. The quantitative estimate of drug-likeness (QED) is 0.740. The van der Waals surface area contributed by atoms with E-state index in [9.17, 15) is 0 Å². The van der Waals surface area contributed by atoms with E-state index in [1.54, 1.807) is 12.4 Å². The van der Waals surface area contributed by atoms with E-state index in [0.29, 0.717) is 0 Å². The van der Waals surface area contributed by atoms with Gasteiger partial charge in [0.2, 0.25) is 0 Å². The van der Waals surface area contributed by atoms with Crippen molar-refractivity contribution in [2.45, 2.75) is 6.42 Å². The van der Waals surface area contributed by atoms with Gasteiger partial charge in [0.15, 0.2) is 0 Å². The summed E-state index contributed by atoms with van der Waals surface area (Å²) in [7, 11) is 0. The molecular formula is C11H12N2S. The monoisotopic (exact) mass is 204 g/mol. The van der Waals surface area contributed by atoms with Gasteiger partial charge in [0.1, 0.15) is 0 Å². The molecular weight excluding hydrogens is 192 g/mol. The normalized spacial score (nSPS) is 17.0. The van der Waals surface area contributed by atoms with Gasteiger partial charge in [-0.05, 0) is 30.2 Å². The lowest BCUT2D eigenvalue weighted by atomic mass is 10.2. The summed E-state index contributed by atoms with van der Waals surface area (Å²) in [5.74, 6) is 1.19. The maximum atomic E-state index is 4.42. The van der Waals surface area contributed by atoms with Crippen LogP contribution in [0, 0.1) is 0 Å². The Hall–Kier alpha value is -1.09. The van der Waals surface area contributed by atoms with Gasteiger partial charge >= 0.3 is 0 Å². The molecule has 0 N–H and O–H groups in total. The fourth-order valence-electron chi connectivity index (χ4n) is 1.22. The van der Waals surface area contributed by atoms with Gasteiger partial charge in [0.25, 0.3) is 0 Å². The summed E-state index contributed by atoms with van der Waals surface area (Å²) in [5.41, 5.74) is 1.17. The first-order chi connectivity index (χ1) is 6.95. The summed E-state index contributed by atoms with van der Waals surface area (Å²) in [6.45, 7) is 0.975. The summed E-state index contributed by atoms with van der Waals surface area (Å²) >= 11 is 1.83. The standard InChI is InChI=1S/C11H12N2S/c1-6-13-11(14-9-1)3-2-10-4-7-12-8-5-10/h2-5,7-8H,1,6,9H2. The maximum Gasteiger partial charge on any atom is 0.0904 e. The van der Waals surface area contributed by atoms with Gasteiger partial charge in [-0.25, -0.2) is 0 Å². The Kier molecular flexibility index (Phi) is 3.35. The Morgan fingerprint density at radius 2 is 2.07 bits per heavy atom. The van der Waals surface area contributed by atoms with E-state index in [-0.39, 0.29) is 0 Å². The SMILES string of the molecule is C(=Cc1ccncc1)C1=NCCCS1. The van der Waals surface area contributed by atoms with Crippen LogP contribution in [0.4, 0.5) is 0 Å². The number of aromatic nitrogens is 1. The average Bonchev–Trinajstić information content (AvgIpc) is 2.29. The van der Waals surface area contributed by atoms with Crippen molar-refractivity contribution in [3.63, 3.8) is 0 Å². The van der Waals surface area contributed by atoms with E-state index in [1.807, 2.05) is 23.9 Å². The Morgan fingerprint density at radius 3 is 2.79 bits per heavy atom. The largest absolute Gasteiger partial charge is 0.278 e. The first-order valence-corrected chi connectivity index (χ1v) is 5.69. The van der Waals surface area contributed by atoms with Gasteiger partial charge in [-0.2, -0.15) is 0 Å². The second-order valence-corrected chi connectivity index (χ2v) is 4.15. The summed E-state index contributed by atoms with van der Waals surface area (Å²) in [4.78, 5) is 8.39. The number of thioether (sulfide) groups is 1. The van der Waals surface area contributed by atoms with Crippen molar-refractivity contribution in [3.05, 3.63) is 36.2 Å². The van der Waals surface area contributed by atoms with E-state index in [1.165, 1.54) is 17.7 Å². The fourth-order valence-corrected chi connectivity index (χ4v) is 2.05. The van der Waals surface area contributed by atoms with Gasteiger partial charge in [-0.15, -0.1) is 11.8 Å². The lowest BCUT2D eigenvalue weighted by Gasteiger charge is -2.06. The van der Waals surface area contributed by atoms with E-state index in [0.717, 1.165) is 11.6 Å². The van der Waals surface area contributed by atoms with Crippen molar-refractivity contribution in [1.82, 2.24) is 4.98 Å². The van der Waals surface area contributed by atoms with E-state index < -0.39 is 0 Å². The number of aliphatic imine (C=N–C) groups is 1. The number of nitrogens with zero attached hydrogens (tertiary/aromatic N) is 2. The van der Waals surface area contributed by atoms with Gasteiger partial charge in [0.05, 0.1) is 5.04 Å². The molecule has 0 saturated heterocycles. The molecule has 0 aliphatic carbocycles. The Labute approximate surface area is 88.2 Å². The minimum Gasteiger partial charge on any atom is -0.278 e. The molecule has 1 aromatic heterocycles. The molecule has 1 aliphatic rings. The summed E-state index contributed by atoms with van der Waals surface area (Å²) in [6, 6.07) is 3.98. The van der Waals surface area contributed by atoms with Crippen LogP contribution < -0.4 is 0 Å². The second-order valence-electron chi connectivity index (χ2n) is 3.04. The molecule has 3 heteroatoms. The summed E-state index contributed by atoms with van der Waals surface area (Å²) in [6.07, 6.45) is 8.97. The zero-order valence-electron chi connectivity index (χ0n) is 7.89. The van der Waals surface area contributed by atoms with Crippen molar-refractivity contribution in [2.75, 3.05) is 12.3 Å². The molecule has 2 heterocycles.